The van der Waals surface area contributed by atoms with Crippen LogP contribution in [0.2, 0.25) is 0 Å². The fourth-order valence-electron chi connectivity index (χ4n) is 3.04. The number of hydrogen-bond donors (Lipinski definition) is 2. The normalized spacial score (nSPS) is 12.6. The maximum atomic E-state index is 5.81. The summed E-state index contributed by atoms with van der Waals surface area (Å²) < 4.78 is 5.81. The Hall–Kier alpha value is -1.61. The predicted octanol–water partition coefficient (Wildman–Crippen LogP) is 4.15. The number of aromatic nitrogens is 2. The van der Waals surface area contributed by atoms with Crippen molar-refractivity contribution < 1.29 is 4.74 Å². The number of H-pyrrole nitrogens is 1. The second-order valence-corrected chi connectivity index (χ2v) is 6.97. The average Bonchev–Trinajstić information content (AvgIpc) is 3.13. The molecular weight excluding hydrogens is 465 g/mol. The first-order chi connectivity index (χ1) is 13.0. The maximum Gasteiger partial charge on any atom is 0.193 e. The molecule has 1 heterocycles. The minimum atomic E-state index is 0. The standard InChI is InChI=1S/C21H33N5O.HI/c1-6-27-19(16(2)3)12-13-23-21(22-4)26(5)15-20-24-14-18(25-20)17-10-8-7-9-11-17;/h7-11,14,16,19H,6,12-13,15H2,1-5H3,(H,22,23)(H,24,25);1H. The van der Waals surface area contributed by atoms with Gasteiger partial charge in [-0.1, -0.05) is 44.2 Å². The molecular formula is C21H34IN5O. The molecule has 0 spiro atoms. The Morgan fingerprint density at radius 2 is 2.00 bits per heavy atom. The van der Waals surface area contributed by atoms with E-state index in [1.54, 1.807) is 7.05 Å². The van der Waals surface area contributed by atoms with Gasteiger partial charge in [-0.2, -0.15) is 0 Å². The van der Waals surface area contributed by atoms with Crippen LogP contribution in [-0.4, -0.2) is 54.2 Å². The van der Waals surface area contributed by atoms with E-state index in [0.29, 0.717) is 12.5 Å². The van der Waals surface area contributed by atoms with Gasteiger partial charge in [0.2, 0.25) is 0 Å². The van der Waals surface area contributed by atoms with E-state index in [0.717, 1.165) is 42.6 Å². The first-order valence-corrected chi connectivity index (χ1v) is 9.67. The first-order valence-electron chi connectivity index (χ1n) is 9.67. The summed E-state index contributed by atoms with van der Waals surface area (Å²) in [5, 5.41) is 3.43. The largest absolute Gasteiger partial charge is 0.378 e. The Balaban J connectivity index is 0.00000392. The molecule has 2 aromatic rings. The lowest BCUT2D eigenvalue weighted by Crippen LogP contribution is -2.40. The summed E-state index contributed by atoms with van der Waals surface area (Å²) in [4.78, 5) is 14.3. The molecule has 1 aromatic heterocycles. The summed E-state index contributed by atoms with van der Waals surface area (Å²) in [6.45, 7) is 8.67. The number of nitrogens with zero attached hydrogens (tertiary/aromatic N) is 3. The monoisotopic (exact) mass is 499 g/mol. The van der Waals surface area contributed by atoms with Crippen LogP contribution in [0.5, 0.6) is 0 Å². The summed E-state index contributed by atoms with van der Waals surface area (Å²) in [6.07, 6.45) is 3.10. The molecule has 0 aliphatic heterocycles. The topological polar surface area (TPSA) is 65.5 Å². The number of benzene rings is 1. The molecule has 0 fully saturated rings. The lowest BCUT2D eigenvalue weighted by molar-refractivity contribution is 0.0257. The van der Waals surface area contributed by atoms with E-state index < -0.39 is 0 Å². The van der Waals surface area contributed by atoms with Crippen molar-refractivity contribution in [1.82, 2.24) is 20.2 Å². The molecule has 0 amide bonds. The Labute approximate surface area is 186 Å². The van der Waals surface area contributed by atoms with Crippen molar-refractivity contribution in [2.45, 2.75) is 39.8 Å². The van der Waals surface area contributed by atoms with Crippen molar-refractivity contribution in [3.8, 4) is 11.3 Å². The zero-order chi connectivity index (χ0) is 19.6. The highest BCUT2D eigenvalue weighted by Crippen LogP contribution is 2.16. The van der Waals surface area contributed by atoms with Crippen molar-refractivity contribution in [3.63, 3.8) is 0 Å². The smallest absolute Gasteiger partial charge is 0.193 e. The number of imidazole rings is 1. The number of nitrogens with one attached hydrogen (secondary N) is 2. The van der Waals surface area contributed by atoms with Crippen molar-refractivity contribution in [2.75, 3.05) is 27.2 Å². The number of halogens is 1. The highest BCUT2D eigenvalue weighted by Gasteiger charge is 2.14. The van der Waals surface area contributed by atoms with Crippen LogP contribution in [-0.2, 0) is 11.3 Å². The first kappa shape index (κ1) is 24.4. The molecule has 2 rings (SSSR count). The van der Waals surface area contributed by atoms with Gasteiger partial charge in [-0.05, 0) is 24.8 Å². The number of aromatic amines is 1. The average molecular weight is 499 g/mol. The van der Waals surface area contributed by atoms with Crippen LogP contribution in [0.3, 0.4) is 0 Å². The van der Waals surface area contributed by atoms with E-state index in [-0.39, 0.29) is 30.1 Å². The fourth-order valence-corrected chi connectivity index (χ4v) is 3.04. The van der Waals surface area contributed by atoms with Crippen LogP contribution in [0.15, 0.2) is 41.5 Å². The van der Waals surface area contributed by atoms with Gasteiger partial charge in [0, 0.05) is 27.2 Å². The fraction of sp³-hybridized carbons (Fsp3) is 0.524. The van der Waals surface area contributed by atoms with Crippen LogP contribution in [0.25, 0.3) is 11.3 Å². The van der Waals surface area contributed by atoms with E-state index in [4.69, 9.17) is 4.74 Å². The number of ether oxygens (including phenoxy) is 1. The zero-order valence-electron chi connectivity index (χ0n) is 17.6. The second kappa shape index (κ2) is 12.8. The summed E-state index contributed by atoms with van der Waals surface area (Å²) in [6, 6.07) is 10.2. The number of rotatable bonds is 9. The summed E-state index contributed by atoms with van der Waals surface area (Å²) in [5.74, 6) is 2.27. The Bertz CT molecular complexity index is 702. The third-order valence-electron chi connectivity index (χ3n) is 4.51. The molecule has 0 saturated carbocycles. The third-order valence-corrected chi connectivity index (χ3v) is 4.51. The number of hydrogen-bond acceptors (Lipinski definition) is 3. The molecule has 0 aliphatic rings. The molecule has 2 N–H and O–H groups in total. The molecule has 156 valence electrons. The van der Waals surface area contributed by atoms with Gasteiger partial charge in [-0.25, -0.2) is 4.98 Å². The van der Waals surface area contributed by atoms with Crippen LogP contribution >= 0.6 is 24.0 Å². The highest BCUT2D eigenvalue weighted by molar-refractivity contribution is 14.0. The Morgan fingerprint density at radius 3 is 2.61 bits per heavy atom. The van der Waals surface area contributed by atoms with E-state index in [1.807, 2.05) is 38.4 Å². The highest BCUT2D eigenvalue weighted by atomic mass is 127. The predicted molar refractivity (Wildman–Crippen MR) is 127 cm³/mol. The van der Waals surface area contributed by atoms with E-state index >= 15 is 0 Å². The van der Waals surface area contributed by atoms with E-state index in [9.17, 15) is 0 Å². The number of guanidine groups is 1. The molecule has 0 bridgehead atoms. The molecule has 0 saturated heterocycles. The minimum absolute atomic E-state index is 0. The molecule has 1 unspecified atom stereocenters. The van der Waals surface area contributed by atoms with E-state index in [2.05, 4.69) is 51.2 Å². The molecule has 0 radical (unpaired) electrons. The number of aliphatic imine (C=N–C) groups is 1. The zero-order valence-corrected chi connectivity index (χ0v) is 19.9. The quantitative estimate of drug-likeness (QED) is 0.309. The van der Waals surface area contributed by atoms with Gasteiger partial charge in [0.15, 0.2) is 5.96 Å². The molecule has 6 nitrogen and oxygen atoms in total. The lowest BCUT2D eigenvalue weighted by Gasteiger charge is -2.24. The SMILES string of the molecule is CCOC(CCNC(=NC)N(C)Cc1ncc(-c2ccccc2)[nH]1)C(C)C.I. The van der Waals surface area contributed by atoms with Gasteiger partial charge in [0.1, 0.15) is 5.82 Å². The molecule has 1 atom stereocenters. The summed E-state index contributed by atoms with van der Waals surface area (Å²) in [5.41, 5.74) is 2.16. The third kappa shape index (κ3) is 7.43. The second-order valence-electron chi connectivity index (χ2n) is 6.97. The van der Waals surface area contributed by atoms with Crippen molar-refractivity contribution in [1.29, 1.82) is 0 Å². The molecule has 28 heavy (non-hydrogen) atoms. The lowest BCUT2D eigenvalue weighted by atomic mass is 10.0. The molecule has 7 heteroatoms. The maximum absolute atomic E-state index is 5.81. The van der Waals surface area contributed by atoms with Gasteiger partial charge in [0.25, 0.3) is 0 Å². The van der Waals surface area contributed by atoms with Crippen LogP contribution in [0, 0.1) is 5.92 Å². The van der Waals surface area contributed by atoms with Crippen molar-refractivity contribution in [2.24, 2.45) is 10.9 Å². The van der Waals surface area contributed by atoms with Gasteiger partial charge in [-0.15, -0.1) is 24.0 Å². The Kier molecular flexibility index (Phi) is 11.1. The van der Waals surface area contributed by atoms with Crippen LogP contribution < -0.4 is 5.32 Å². The van der Waals surface area contributed by atoms with Crippen molar-refractivity contribution >= 4 is 29.9 Å². The van der Waals surface area contributed by atoms with Gasteiger partial charge < -0.3 is 19.9 Å². The van der Waals surface area contributed by atoms with Crippen molar-refractivity contribution in [3.05, 3.63) is 42.4 Å². The summed E-state index contributed by atoms with van der Waals surface area (Å²) in [7, 11) is 3.82. The minimum Gasteiger partial charge on any atom is -0.378 e. The van der Waals surface area contributed by atoms with Gasteiger partial charge in [0.05, 0.1) is 24.5 Å². The Morgan fingerprint density at radius 1 is 1.29 bits per heavy atom. The van der Waals surface area contributed by atoms with Gasteiger partial charge >= 0.3 is 0 Å². The van der Waals surface area contributed by atoms with E-state index in [1.165, 1.54) is 0 Å². The summed E-state index contributed by atoms with van der Waals surface area (Å²) >= 11 is 0. The van der Waals surface area contributed by atoms with Crippen LogP contribution in [0.4, 0.5) is 0 Å². The van der Waals surface area contributed by atoms with Crippen LogP contribution in [0.1, 0.15) is 33.0 Å². The van der Waals surface area contributed by atoms with Gasteiger partial charge in [-0.3, -0.25) is 4.99 Å². The molecule has 1 aromatic carbocycles. The molecule has 0 aliphatic carbocycles.